The van der Waals surface area contributed by atoms with Gasteiger partial charge in [-0.25, -0.2) is 0 Å². The number of nitrogens with zero attached hydrogens (tertiary/aromatic N) is 1. The average Bonchev–Trinajstić information content (AvgIpc) is 3.10. The first-order valence-electron chi connectivity index (χ1n) is 6.45. The van der Waals surface area contributed by atoms with E-state index in [-0.39, 0.29) is 0 Å². The standard InChI is InChI=1S/C14H21N3O/c1-9(2)17(8-10-6-7-10)12-5-3-4-11(13(12)15)14(16)18/h3-5,9-10H,6-8,15H2,1-2H3,(H2,16,18). The number of amides is 1. The lowest BCUT2D eigenvalue weighted by atomic mass is 10.1. The molecule has 0 aliphatic heterocycles. The van der Waals surface area contributed by atoms with Gasteiger partial charge in [-0.2, -0.15) is 0 Å². The van der Waals surface area contributed by atoms with Gasteiger partial charge in [0.05, 0.1) is 16.9 Å². The highest BCUT2D eigenvalue weighted by Gasteiger charge is 2.27. The fourth-order valence-electron chi connectivity index (χ4n) is 2.18. The van der Waals surface area contributed by atoms with Crippen LogP contribution in [0.4, 0.5) is 11.4 Å². The second-order valence-electron chi connectivity index (χ2n) is 5.29. The molecule has 0 spiro atoms. The molecule has 98 valence electrons. The van der Waals surface area contributed by atoms with E-state index in [1.165, 1.54) is 12.8 Å². The molecule has 2 rings (SSSR count). The first kappa shape index (κ1) is 12.7. The van der Waals surface area contributed by atoms with E-state index in [2.05, 4.69) is 18.7 Å². The summed E-state index contributed by atoms with van der Waals surface area (Å²) < 4.78 is 0. The fourth-order valence-corrected chi connectivity index (χ4v) is 2.18. The maximum atomic E-state index is 11.3. The summed E-state index contributed by atoms with van der Waals surface area (Å²) in [6.07, 6.45) is 2.58. The maximum Gasteiger partial charge on any atom is 0.250 e. The van der Waals surface area contributed by atoms with Crippen LogP contribution < -0.4 is 16.4 Å². The number of hydrogen-bond acceptors (Lipinski definition) is 3. The van der Waals surface area contributed by atoms with Crippen molar-refractivity contribution in [3.8, 4) is 0 Å². The zero-order valence-electron chi connectivity index (χ0n) is 11.0. The van der Waals surface area contributed by atoms with Gasteiger partial charge in [0, 0.05) is 12.6 Å². The lowest BCUT2D eigenvalue weighted by Crippen LogP contribution is -2.33. The van der Waals surface area contributed by atoms with Crippen LogP contribution in [0.25, 0.3) is 0 Å². The summed E-state index contributed by atoms with van der Waals surface area (Å²) >= 11 is 0. The minimum atomic E-state index is -0.468. The number of rotatable bonds is 5. The smallest absolute Gasteiger partial charge is 0.250 e. The van der Waals surface area contributed by atoms with Crippen molar-refractivity contribution in [3.05, 3.63) is 23.8 Å². The Hall–Kier alpha value is -1.71. The van der Waals surface area contributed by atoms with Crippen molar-refractivity contribution in [1.29, 1.82) is 0 Å². The van der Waals surface area contributed by atoms with Crippen molar-refractivity contribution in [2.75, 3.05) is 17.2 Å². The monoisotopic (exact) mass is 247 g/mol. The molecular weight excluding hydrogens is 226 g/mol. The second-order valence-corrected chi connectivity index (χ2v) is 5.29. The minimum Gasteiger partial charge on any atom is -0.396 e. The topological polar surface area (TPSA) is 72.3 Å². The first-order chi connectivity index (χ1) is 8.50. The van der Waals surface area contributed by atoms with Crippen LogP contribution in [0, 0.1) is 5.92 Å². The molecular formula is C14H21N3O. The Bertz CT molecular complexity index is 452. The second kappa shape index (κ2) is 4.88. The Labute approximate surface area is 108 Å². The number of benzene rings is 1. The molecule has 0 heterocycles. The highest BCUT2D eigenvalue weighted by molar-refractivity contribution is 6.00. The SMILES string of the molecule is CC(C)N(CC1CC1)c1cccc(C(N)=O)c1N. The van der Waals surface area contributed by atoms with Crippen LogP contribution in [0.1, 0.15) is 37.0 Å². The molecule has 1 fully saturated rings. The zero-order valence-corrected chi connectivity index (χ0v) is 11.0. The number of hydrogen-bond donors (Lipinski definition) is 2. The number of carbonyl (C=O) groups excluding carboxylic acids is 1. The molecule has 18 heavy (non-hydrogen) atoms. The summed E-state index contributed by atoms with van der Waals surface area (Å²) in [4.78, 5) is 13.6. The van der Waals surface area contributed by atoms with Gasteiger partial charge in [-0.05, 0) is 44.7 Å². The Balaban J connectivity index is 2.34. The molecule has 0 bridgehead atoms. The molecule has 0 saturated heterocycles. The molecule has 0 atom stereocenters. The lowest BCUT2D eigenvalue weighted by molar-refractivity contribution is 0.100. The quantitative estimate of drug-likeness (QED) is 0.782. The lowest BCUT2D eigenvalue weighted by Gasteiger charge is -2.30. The van der Waals surface area contributed by atoms with Crippen LogP contribution in [0.15, 0.2) is 18.2 Å². The third kappa shape index (κ3) is 2.58. The van der Waals surface area contributed by atoms with Gasteiger partial charge in [-0.1, -0.05) is 6.07 Å². The Morgan fingerprint density at radius 1 is 1.44 bits per heavy atom. The largest absolute Gasteiger partial charge is 0.396 e. The van der Waals surface area contributed by atoms with Crippen LogP contribution in [0.3, 0.4) is 0 Å². The van der Waals surface area contributed by atoms with E-state index in [0.717, 1.165) is 18.2 Å². The predicted octanol–water partition coefficient (Wildman–Crippen LogP) is 1.99. The van der Waals surface area contributed by atoms with Crippen LogP contribution >= 0.6 is 0 Å². The van der Waals surface area contributed by atoms with Crippen molar-refractivity contribution < 1.29 is 4.79 Å². The van der Waals surface area contributed by atoms with Gasteiger partial charge in [-0.3, -0.25) is 4.79 Å². The van der Waals surface area contributed by atoms with E-state index in [1.54, 1.807) is 6.07 Å². The molecule has 4 nitrogen and oxygen atoms in total. The molecule has 1 aliphatic rings. The molecule has 1 aromatic carbocycles. The normalized spacial score (nSPS) is 14.8. The summed E-state index contributed by atoms with van der Waals surface area (Å²) in [5.74, 6) is 0.300. The van der Waals surface area contributed by atoms with Gasteiger partial charge < -0.3 is 16.4 Å². The highest BCUT2D eigenvalue weighted by atomic mass is 16.1. The molecule has 0 unspecified atom stereocenters. The average molecular weight is 247 g/mol. The Morgan fingerprint density at radius 2 is 2.11 bits per heavy atom. The summed E-state index contributed by atoms with van der Waals surface area (Å²) in [6.45, 7) is 5.28. The van der Waals surface area contributed by atoms with Gasteiger partial charge >= 0.3 is 0 Å². The fraction of sp³-hybridized carbons (Fsp3) is 0.500. The van der Waals surface area contributed by atoms with E-state index in [9.17, 15) is 4.79 Å². The van der Waals surface area contributed by atoms with E-state index in [1.807, 2.05) is 12.1 Å². The van der Waals surface area contributed by atoms with E-state index >= 15 is 0 Å². The van der Waals surface area contributed by atoms with Gasteiger partial charge in [-0.15, -0.1) is 0 Å². The van der Waals surface area contributed by atoms with Crippen molar-refractivity contribution in [2.45, 2.75) is 32.7 Å². The van der Waals surface area contributed by atoms with Crippen LogP contribution in [-0.4, -0.2) is 18.5 Å². The van der Waals surface area contributed by atoms with Crippen LogP contribution in [-0.2, 0) is 0 Å². The zero-order chi connectivity index (χ0) is 13.3. The number of nitrogen functional groups attached to an aromatic ring is 1. The van der Waals surface area contributed by atoms with Crippen molar-refractivity contribution >= 4 is 17.3 Å². The predicted molar refractivity (Wildman–Crippen MR) is 74.6 cm³/mol. The molecule has 1 aromatic rings. The third-order valence-electron chi connectivity index (χ3n) is 3.43. The first-order valence-corrected chi connectivity index (χ1v) is 6.45. The number of carbonyl (C=O) groups is 1. The van der Waals surface area contributed by atoms with Crippen molar-refractivity contribution in [3.63, 3.8) is 0 Å². The van der Waals surface area contributed by atoms with E-state index < -0.39 is 5.91 Å². The molecule has 0 aromatic heterocycles. The summed E-state index contributed by atoms with van der Waals surface area (Å²) in [5, 5.41) is 0. The number of primary amides is 1. The molecule has 1 amide bonds. The van der Waals surface area contributed by atoms with Gasteiger partial charge in [0.25, 0.3) is 5.91 Å². The molecule has 1 saturated carbocycles. The Kier molecular flexibility index (Phi) is 3.45. The third-order valence-corrected chi connectivity index (χ3v) is 3.43. The number of anilines is 2. The van der Waals surface area contributed by atoms with Gasteiger partial charge in [0.15, 0.2) is 0 Å². The highest BCUT2D eigenvalue weighted by Crippen LogP contribution is 2.35. The minimum absolute atomic E-state index is 0.357. The van der Waals surface area contributed by atoms with E-state index in [0.29, 0.717) is 17.3 Å². The van der Waals surface area contributed by atoms with Gasteiger partial charge in [0.1, 0.15) is 0 Å². The number of para-hydroxylation sites is 1. The molecule has 0 radical (unpaired) electrons. The summed E-state index contributed by atoms with van der Waals surface area (Å²) in [6, 6.07) is 5.84. The summed E-state index contributed by atoms with van der Waals surface area (Å²) in [7, 11) is 0. The molecule has 1 aliphatic carbocycles. The van der Waals surface area contributed by atoms with Gasteiger partial charge in [0.2, 0.25) is 0 Å². The van der Waals surface area contributed by atoms with Crippen molar-refractivity contribution in [2.24, 2.45) is 11.7 Å². The van der Waals surface area contributed by atoms with Crippen LogP contribution in [0.5, 0.6) is 0 Å². The van der Waals surface area contributed by atoms with Crippen molar-refractivity contribution in [1.82, 2.24) is 0 Å². The Morgan fingerprint density at radius 3 is 2.61 bits per heavy atom. The molecule has 4 heteroatoms. The maximum absolute atomic E-state index is 11.3. The van der Waals surface area contributed by atoms with Crippen LogP contribution in [0.2, 0.25) is 0 Å². The number of nitrogens with two attached hydrogens (primary N) is 2. The molecule has 4 N–H and O–H groups in total. The summed E-state index contributed by atoms with van der Waals surface area (Å²) in [5.41, 5.74) is 13.2. The van der Waals surface area contributed by atoms with E-state index in [4.69, 9.17) is 11.5 Å².